The number of allylic oxidation sites excluding steroid dienone is 1. The fourth-order valence-electron chi connectivity index (χ4n) is 3.64. The third-order valence-corrected chi connectivity index (χ3v) is 7.31. The van der Waals surface area contributed by atoms with Gasteiger partial charge in [-0.2, -0.15) is 4.98 Å². The Bertz CT molecular complexity index is 1150. The van der Waals surface area contributed by atoms with Crippen molar-refractivity contribution in [3.8, 4) is 5.75 Å². The van der Waals surface area contributed by atoms with Gasteiger partial charge >= 0.3 is 0 Å². The topological polar surface area (TPSA) is 81.1 Å². The van der Waals surface area contributed by atoms with E-state index in [0.29, 0.717) is 23.0 Å². The molecule has 0 bridgehead atoms. The number of aromatic nitrogens is 3. The van der Waals surface area contributed by atoms with Crippen molar-refractivity contribution in [3.63, 3.8) is 0 Å². The summed E-state index contributed by atoms with van der Waals surface area (Å²) in [6.07, 6.45) is 2.24. The molecule has 0 radical (unpaired) electrons. The zero-order valence-corrected chi connectivity index (χ0v) is 20.3. The normalized spacial score (nSPS) is 15.3. The van der Waals surface area contributed by atoms with Gasteiger partial charge in [-0.1, -0.05) is 37.2 Å². The van der Waals surface area contributed by atoms with Crippen LogP contribution in [0.3, 0.4) is 0 Å². The maximum Gasteiger partial charge on any atom is 0.256 e. The van der Waals surface area contributed by atoms with Crippen molar-refractivity contribution in [1.82, 2.24) is 14.8 Å². The Labute approximate surface area is 196 Å². The lowest BCUT2D eigenvalue weighted by molar-refractivity contribution is -0.113. The Morgan fingerprint density at radius 1 is 1.31 bits per heavy atom. The van der Waals surface area contributed by atoms with Gasteiger partial charge in [-0.05, 0) is 49.4 Å². The van der Waals surface area contributed by atoms with Gasteiger partial charge in [0.25, 0.3) is 5.91 Å². The number of fused-ring (bicyclic) bond motifs is 1. The molecular formula is C23H27N5O2S2. The number of rotatable bonds is 8. The number of ether oxygens (including phenoxy) is 1. The van der Waals surface area contributed by atoms with E-state index in [2.05, 4.69) is 30.5 Å². The molecule has 1 aromatic carbocycles. The van der Waals surface area contributed by atoms with E-state index in [0.717, 1.165) is 39.9 Å². The molecule has 3 heterocycles. The van der Waals surface area contributed by atoms with Crippen LogP contribution >= 0.6 is 23.1 Å². The number of aryl methyl sites for hydroxylation is 1. The van der Waals surface area contributed by atoms with E-state index < -0.39 is 0 Å². The molecule has 168 valence electrons. The highest BCUT2D eigenvalue weighted by atomic mass is 32.2. The average molecular weight is 470 g/mol. The molecule has 7 nitrogen and oxygen atoms in total. The van der Waals surface area contributed by atoms with Crippen molar-refractivity contribution in [2.24, 2.45) is 0 Å². The number of carbonyl (C=O) groups is 1. The van der Waals surface area contributed by atoms with E-state index in [9.17, 15) is 4.79 Å². The predicted molar refractivity (Wildman–Crippen MR) is 131 cm³/mol. The number of para-hydroxylation sites is 2. The smallest absolute Gasteiger partial charge is 0.256 e. The largest absolute Gasteiger partial charge is 0.495 e. The number of anilines is 2. The lowest BCUT2D eigenvalue weighted by atomic mass is 9.98. The first-order valence-corrected chi connectivity index (χ1v) is 12.5. The summed E-state index contributed by atoms with van der Waals surface area (Å²) in [4.78, 5) is 19.3. The van der Waals surface area contributed by atoms with Crippen LogP contribution in [0.5, 0.6) is 5.75 Å². The van der Waals surface area contributed by atoms with Gasteiger partial charge in [0.2, 0.25) is 11.1 Å². The second kappa shape index (κ2) is 9.79. The Morgan fingerprint density at radius 2 is 2.12 bits per heavy atom. The van der Waals surface area contributed by atoms with Crippen LogP contribution in [0.25, 0.3) is 0 Å². The molecule has 1 atom stereocenters. The van der Waals surface area contributed by atoms with Crippen LogP contribution in [-0.4, -0.2) is 33.5 Å². The molecule has 0 aliphatic carbocycles. The first-order valence-electron chi connectivity index (χ1n) is 10.6. The number of nitrogens with one attached hydrogen (secondary N) is 2. The van der Waals surface area contributed by atoms with Crippen LogP contribution in [0.15, 0.2) is 52.1 Å². The summed E-state index contributed by atoms with van der Waals surface area (Å²) in [5, 5.41) is 13.9. The average Bonchev–Trinajstić information content (AvgIpc) is 3.38. The monoisotopic (exact) mass is 469 g/mol. The summed E-state index contributed by atoms with van der Waals surface area (Å²) in [5.41, 5.74) is 3.13. The summed E-state index contributed by atoms with van der Waals surface area (Å²) in [6.45, 7) is 6.14. The summed E-state index contributed by atoms with van der Waals surface area (Å²) in [5.74, 6) is 2.05. The van der Waals surface area contributed by atoms with E-state index in [1.54, 1.807) is 30.2 Å². The van der Waals surface area contributed by atoms with Crippen LogP contribution in [0.2, 0.25) is 0 Å². The summed E-state index contributed by atoms with van der Waals surface area (Å²) in [7, 11) is 1.59. The number of unbranched alkanes of at least 4 members (excludes halogenated alkanes) is 1. The predicted octanol–water partition coefficient (Wildman–Crippen LogP) is 5.48. The van der Waals surface area contributed by atoms with Gasteiger partial charge in [0.1, 0.15) is 11.8 Å². The van der Waals surface area contributed by atoms with Crippen molar-refractivity contribution < 1.29 is 9.53 Å². The van der Waals surface area contributed by atoms with E-state index in [1.165, 1.54) is 0 Å². The number of benzene rings is 1. The van der Waals surface area contributed by atoms with Crippen molar-refractivity contribution in [1.29, 1.82) is 0 Å². The van der Waals surface area contributed by atoms with Gasteiger partial charge in [0.05, 0.1) is 18.4 Å². The molecule has 0 saturated carbocycles. The first kappa shape index (κ1) is 22.4. The number of thioether (sulfide) groups is 1. The van der Waals surface area contributed by atoms with Crippen molar-refractivity contribution >= 4 is 40.6 Å². The lowest BCUT2D eigenvalue weighted by Crippen LogP contribution is -2.31. The minimum atomic E-state index is -0.353. The molecular weight excluding hydrogens is 442 g/mol. The van der Waals surface area contributed by atoms with E-state index in [-0.39, 0.29) is 11.9 Å². The van der Waals surface area contributed by atoms with Gasteiger partial charge in [-0.15, -0.1) is 16.4 Å². The second-order valence-corrected chi connectivity index (χ2v) is 9.56. The third-order valence-electron chi connectivity index (χ3n) is 5.31. The Kier molecular flexibility index (Phi) is 6.86. The number of amides is 1. The number of hydrogen-bond donors (Lipinski definition) is 2. The molecule has 2 N–H and O–H groups in total. The standard InChI is InChI=1S/C23H27N5O2S2/c1-5-6-12-32-23-26-22-24-15(3)18(19(28(22)27-23)20-14(2)11-13-31-20)21(29)25-16-9-7-8-10-17(16)30-4/h7-11,13,19H,5-6,12H2,1-4H3,(H,25,29)(H,24,26,27). The zero-order valence-electron chi connectivity index (χ0n) is 18.6. The van der Waals surface area contributed by atoms with E-state index in [4.69, 9.17) is 14.8 Å². The number of methoxy groups -OCH3 is 1. The lowest BCUT2D eigenvalue weighted by Gasteiger charge is -2.28. The highest BCUT2D eigenvalue weighted by Gasteiger charge is 2.36. The molecule has 4 rings (SSSR count). The Balaban J connectivity index is 1.72. The van der Waals surface area contributed by atoms with Gasteiger partial charge in [0, 0.05) is 16.3 Å². The van der Waals surface area contributed by atoms with Crippen molar-refractivity contribution in [2.75, 3.05) is 23.5 Å². The van der Waals surface area contributed by atoms with Crippen LogP contribution in [0.4, 0.5) is 11.6 Å². The number of nitrogens with zero attached hydrogens (tertiary/aromatic N) is 3. The maximum absolute atomic E-state index is 13.6. The fourth-order valence-corrected chi connectivity index (χ4v) is 5.57. The van der Waals surface area contributed by atoms with Gasteiger partial charge < -0.3 is 15.4 Å². The van der Waals surface area contributed by atoms with Crippen LogP contribution in [0.1, 0.15) is 43.2 Å². The fraction of sp³-hybridized carbons (Fsp3) is 0.348. The summed E-state index contributed by atoms with van der Waals surface area (Å²) in [6, 6.07) is 9.12. The molecule has 3 aromatic rings. The summed E-state index contributed by atoms with van der Waals surface area (Å²) >= 11 is 3.27. The molecule has 1 aliphatic heterocycles. The molecule has 1 unspecified atom stereocenters. The van der Waals surface area contributed by atoms with Crippen molar-refractivity contribution in [2.45, 2.75) is 44.8 Å². The van der Waals surface area contributed by atoms with E-state index >= 15 is 0 Å². The van der Waals surface area contributed by atoms with E-state index in [1.807, 2.05) is 41.3 Å². The highest BCUT2D eigenvalue weighted by molar-refractivity contribution is 7.99. The second-order valence-electron chi connectivity index (χ2n) is 7.55. The Hall–Kier alpha value is -2.78. The molecule has 32 heavy (non-hydrogen) atoms. The molecule has 1 aliphatic rings. The van der Waals surface area contributed by atoms with Crippen molar-refractivity contribution in [3.05, 3.63) is 57.4 Å². The van der Waals surface area contributed by atoms with Gasteiger partial charge in [-0.25, -0.2) is 4.68 Å². The number of carbonyl (C=O) groups excluding carboxylic acids is 1. The van der Waals surface area contributed by atoms with Gasteiger partial charge in [0.15, 0.2) is 0 Å². The maximum atomic E-state index is 13.6. The zero-order chi connectivity index (χ0) is 22.7. The third kappa shape index (κ3) is 4.40. The minimum Gasteiger partial charge on any atom is -0.495 e. The molecule has 0 saturated heterocycles. The molecule has 1 amide bonds. The number of thiophene rings is 1. The number of hydrogen-bond acceptors (Lipinski definition) is 7. The molecule has 0 spiro atoms. The van der Waals surface area contributed by atoms with Gasteiger partial charge in [-0.3, -0.25) is 4.79 Å². The molecule has 2 aromatic heterocycles. The van der Waals surface area contributed by atoms with Crippen LogP contribution in [0, 0.1) is 6.92 Å². The van der Waals surface area contributed by atoms with Crippen LogP contribution < -0.4 is 15.4 Å². The quantitative estimate of drug-likeness (QED) is 0.336. The highest BCUT2D eigenvalue weighted by Crippen LogP contribution is 2.40. The Morgan fingerprint density at radius 3 is 2.84 bits per heavy atom. The molecule has 9 heteroatoms. The minimum absolute atomic E-state index is 0.196. The SMILES string of the molecule is CCCCSc1nc2n(n1)C(c1sccc1C)C(C(=O)Nc1ccccc1OC)=C(C)N2. The molecule has 0 fully saturated rings. The summed E-state index contributed by atoms with van der Waals surface area (Å²) < 4.78 is 7.25. The first-order chi connectivity index (χ1) is 15.5. The van der Waals surface area contributed by atoms with Crippen LogP contribution in [-0.2, 0) is 4.79 Å².